The highest BCUT2D eigenvalue weighted by Crippen LogP contribution is 2.25. The smallest absolute Gasteiger partial charge is 0.322 e. The topological polar surface area (TPSA) is 86.5 Å². The van der Waals surface area contributed by atoms with Crippen molar-refractivity contribution in [2.45, 2.75) is 30.4 Å². The molecule has 0 aliphatic carbocycles. The minimum Gasteiger partial charge on any atom is -0.465 e. The van der Waals surface area contributed by atoms with E-state index < -0.39 is 26.9 Å². The van der Waals surface area contributed by atoms with Gasteiger partial charge in [0.15, 0.2) is 0 Å². The summed E-state index contributed by atoms with van der Waals surface area (Å²) in [5.74, 6) is -0.596. The van der Waals surface area contributed by atoms with E-state index in [1.165, 1.54) is 18.2 Å². The minimum absolute atomic E-state index is 0.0485. The molecular weight excluding hydrogens is 270 g/mol. The Hall–Kier alpha value is -1.76. The fraction of sp³-hybridized carbons (Fsp3) is 0.417. The monoisotopic (exact) mass is 285 g/mol. The van der Waals surface area contributed by atoms with Gasteiger partial charge in [-0.25, -0.2) is 0 Å². The zero-order valence-electron chi connectivity index (χ0n) is 10.7. The highest BCUT2D eigenvalue weighted by atomic mass is 32.2. The second kappa shape index (κ2) is 6.98. The highest BCUT2D eigenvalue weighted by Gasteiger charge is 2.30. The first-order valence-corrected chi connectivity index (χ1v) is 7.04. The molecule has 1 rings (SSSR count). The number of carbonyl (C=O) groups excluding carboxylic acids is 1. The van der Waals surface area contributed by atoms with Crippen LogP contribution in [0, 0.1) is 10.1 Å². The normalized spacial score (nSPS) is 13.6. The second-order valence-corrected chi connectivity index (χ2v) is 5.27. The van der Waals surface area contributed by atoms with Crippen LogP contribution in [0.25, 0.3) is 0 Å². The third kappa shape index (κ3) is 3.60. The largest absolute Gasteiger partial charge is 0.465 e. The van der Waals surface area contributed by atoms with Crippen LogP contribution in [0.1, 0.15) is 20.3 Å². The molecule has 7 heteroatoms. The van der Waals surface area contributed by atoms with Crippen molar-refractivity contribution in [3.8, 4) is 0 Å². The van der Waals surface area contributed by atoms with Gasteiger partial charge in [0.05, 0.1) is 22.3 Å². The molecule has 0 radical (unpaired) electrons. The van der Waals surface area contributed by atoms with Gasteiger partial charge in [0.25, 0.3) is 5.69 Å². The van der Waals surface area contributed by atoms with Gasteiger partial charge in [0, 0.05) is 6.07 Å². The van der Waals surface area contributed by atoms with Crippen LogP contribution in [0.5, 0.6) is 0 Å². The number of nitro benzene ring substituents is 1. The lowest BCUT2D eigenvalue weighted by Crippen LogP contribution is -2.27. The Morgan fingerprint density at radius 2 is 2.05 bits per heavy atom. The van der Waals surface area contributed by atoms with Crippen LogP contribution >= 0.6 is 0 Å². The van der Waals surface area contributed by atoms with Crippen LogP contribution in [0.15, 0.2) is 29.2 Å². The highest BCUT2D eigenvalue weighted by molar-refractivity contribution is 7.86. The molecule has 19 heavy (non-hydrogen) atoms. The number of benzene rings is 1. The quantitative estimate of drug-likeness (QED) is 0.453. The van der Waals surface area contributed by atoms with Gasteiger partial charge in [-0.3, -0.25) is 19.1 Å². The minimum atomic E-state index is -1.80. The number of hydrogen-bond acceptors (Lipinski definition) is 5. The van der Waals surface area contributed by atoms with Crippen LogP contribution in [0.3, 0.4) is 0 Å². The van der Waals surface area contributed by atoms with Crippen molar-refractivity contribution in [3.05, 3.63) is 34.4 Å². The summed E-state index contributed by atoms with van der Waals surface area (Å²) >= 11 is 0. The molecule has 104 valence electrons. The molecule has 0 fully saturated rings. The van der Waals surface area contributed by atoms with Crippen LogP contribution < -0.4 is 0 Å². The average molecular weight is 285 g/mol. The maximum absolute atomic E-state index is 12.3. The van der Waals surface area contributed by atoms with Crippen molar-refractivity contribution < 1.29 is 18.7 Å². The molecule has 0 saturated carbocycles. The molecule has 0 aliphatic rings. The lowest BCUT2D eigenvalue weighted by Gasteiger charge is -2.13. The van der Waals surface area contributed by atoms with Gasteiger partial charge < -0.3 is 4.74 Å². The fourth-order valence-corrected chi connectivity index (χ4v) is 2.99. The van der Waals surface area contributed by atoms with Crippen molar-refractivity contribution in [2.24, 2.45) is 0 Å². The second-order valence-electron chi connectivity index (χ2n) is 3.67. The lowest BCUT2D eigenvalue weighted by molar-refractivity contribution is -0.387. The van der Waals surface area contributed by atoms with Crippen molar-refractivity contribution in [2.75, 3.05) is 6.61 Å². The first-order chi connectivity index (χ1) is 9.02. The van der Waals surface area contributed by atoms with Gasteiger partial charge in [0.2, 0.25) is 0 Å². The molecule has 0 heterocycles. The van der Waals surface area contributed by atoms with E-state index >= 15 is 0 Å². The number of ether oxygens (including phenoxy) is 1. The van der Waals surface area contributed by atoms with E-state index in [4.69, 9.17) is 4.74 Å². The van der Waals surface area contributed by atoms with Crippen LogP contribution in [0.2, 0.25) is 0 Å². The molecule has 0 aromatic heterocycles. The third-order valence-corrected chi connectivity index (χ3v) is 4.28. The Bertz CT molecular complexity index is 503. The SMILES string of the molecule is CCOC(=O)C(CC)S(=O)c1ccccc1[N+](=O)[O-]. The van der Waals surface area contributed by atoms with E-state index in [-0.39, 0.29) is 23.6 Å². The number of para-hydroxylation sites is 1. The summed E-state index contributed by atoms with van der Waals surface area (Å²) < 4.78 is 17.2. The van der Waals surface area contributed by atoms with Crippen molar-refractivity contribution >= 4 is 22.5 Å². The van der Waals surface area contributed by atoms with E-state index in [2.05, 4.69) is 0 Å². The first-order valence-electron chi connectivity index (χ1n) is 5.83. The zero-order valence-corrected chi connectivity index (χ0v) is 11.5. The van der Waals surface area contributed by atoms with E-state index in [1.54, 1.807) is 19.9 Å². The summed E-state index contributed by atoms with van der Waals surface area (Å²) in [6.45, 7) is 3.52. The standard InChI is InChI=1S/C12H15NO5S/c1-3-10(12(14)18-4-2)19(17)11-8-6-5-7-9(11)13(15)16/h5-8,10H,3-4H2,1-2H3. The molecule has 0 spiro atoms. The van der Waals surface area contributed by atoms with Crippen molar-refractivity contribution in [1.29, 1.82) is 0 Å². The van der Waals surface area contributed by atoms with E-state index in [0.717, 1.165) is 0 Å². The van der Waals surface area contributed by atoms with Crippen LogP contribution in [-0.2, 0) is 20.3 Å². The molecule has 0 saturated heterocycles. The van der Waals surface area contributed by atoms with Crippen LogP contribution in [-0.4, -0.2) is 27.0 Å². The predicted octanol–water partition coefficient (Wildman–Crippen LogP) is 2.04. The van der Waals surface area contributed by atoms with E-state index in [9.17, 15) is 19.1 Å². The van der Waals surface area contributed by atoms with Crippen LogP contribution in [0.4, 0.5) is 5.69 Å². The molecule has 1 aromatic carbocycles. The molecule has 2 unspecified atom stereocenters. The molecule has 6 nitrogen and oxygen atoms in total. The van der Waals surface area contributed by atoms with Gasteiger partial charge in [-0.15, -0.1) is 0 Å². The molecule has 1 aromatic rings. The number of esters is 1. The summed E-state index contributed by atoms with van der Waals surface area (Å²) in [7, 11) is -1.80. The predicted molar refractivity (Wildman–Crippen MR) is 70.2 cm³/mol. The zero-order chi connectivity index (χ0) is 14.4. The summed E-state index contributed by atoms with van der Waals surface area (Å²) in [6, 6.07) is 5.71. The van der Waals surface area contributed by atoms with Crippen molar-refractivity contribution in [1.82, 2.24) is 0 Å². The lowest BCUT2D eigenvalue weighted by atomic mass is 10.3. The Kier molecular flexibility index (Phi) is 5.62. The van der Waals surface area contributed by atoms with Gasteiger partial charge in [0.1, 0.15) is 10.1 Å². The number of nitrogens with zero attached hydrogens (tertiary/aromatic N) is 1. The van der Waals surface area contributed by atoms with Gasteiger partial charge >= 0.3 is 5.97 Å². The molecule has 0 N–H and O–H groups in total. The first kappa shape index (κ1) is 15.3. The van der Waals surface area contributed by atoms with Crippen molar-refractivity contribution in [3.63, 3.8) is 0 Å². The Morgan fingerprint density at radius 3 is 2.58 bits per heavy atom. The Morgan fingerprint density at radius 1 is 1.42 bits per heavy atom. The average Bonchev–Trinajstić information content (AvgIpc) is 2.39. The summed E-state index contributed by atoms with van der Waals surface area (Å²) in [5, 5.41) is 10.00. The summed E-state index contributed by atoms with van der Waals surface area (Å²) in [6.07, 6.45) is 0.289. The third-order valence-electron chi connectivity index (χ3n) is 2.46. The molecule has 0 bridgehead atoms. The number of carbonyl (C=O) groups is 1. The fourth-order valence-electron chi connectivity index (χ4n) is 1.57. The summed E-state index contributed by atoms with van der Waals surface area (Å²) in [5.41, 5.74) is -0.247. The maximum Gasteiger partial charge on any atom is 0.322 e. The van der Waals surface area contributed by atoms with Gasteiger partial charge in [-0.05, 0) is 19.4 Å². The number of rotatable bonds is 6. The Balaban J connectivity index is 3.11. The number of nitro groups is 1. The molecule has 0 amide bonds. The Labute approximate surface area is 113 Å². The molecular formula is C12H15NO5S. The summed E-state index contributed by atoms with van der Waals surface area (Å²) in [4.78, 5) is 22.0. The van der Waals surface area contributed by atoms with Gasteiger partial charge in [-0.1, -0.05) is 19.1 Å². The number of hydrogen-bond donors (Lipinski definition) is 0. The maximum atomic E-state index is 12.3. The van der Waals surface area contributed by atoms with Gasteiger partial charge in [-0.2, -0.15) is 0 Å². The molecule has 0 aliphatic heterocycles. The molecule has 2 atom stereocenters. The van der Waals surface area contributed by atoms with E-state index in [0.29, 0.717) is 0 Å². The van der Waals surface area contributed by atoms with E-state index in [1.807, 2.05) is 0 Å².